The molecule has 3 N–H and O–H groups in total. The van der Waals surface area contributed by atoms with Crippen LogP contribution in [0.3, 0.4) is 0 Å². The van der Waals surface area contributed by atoms with E-state index in [4.69, 9.17) is 4.42 Å². The number of nitrogens with zero attached hydrogens (tertiary/aromatic N) is 1. The first kappa shape index (κ1) is 19.3. The first-order chi connectivity index (χ1) is 10.1. The van der Waals surface area contributed by atoms with E-state index in [1.165, 1.54) is 0 Å². The molecule has 1 aromatic heterocycles. The van der Waals surface area contributed by atoms with Crippen molar-refractivity contribution in [3.63, 3.8) is 0 Å². The third-order valence-electron chi connectivity index (χ3n) is 3.93. The Labute approximate surface area is 150 Å². The predicted octanol–water partition coefficient (Wildman–Crippen LogP) is 2.87. The lowest BCUT2D eigenvalue weighted by Gasteiger charge is -2.27. The van der Waals surface area contributed by atoms with Crippen LogP contribution in [0.25, 0.3) is 0 Å². The summed E-state index contributed by atoms with van der Waals surface area (Å²) in [6.07, 6.45) is 3.61. The number of rotatable bonds is 4. The van der Waals surface area contributed by atoms with Crippen LogP contribution in [0.1, 0.15) is 49.7 Å². The van der Waals surface area contributed by atoms with Crippen LogP contribution >= 0.6 is 24.0 Å². The van der Waals surface area contributed by atoms with Gasteiger partial charge in [-0.25, -0.2) is 4.99 Å². The van der Waals surface area contributed by atoms with Crippen molar-refractivity contribution in [1.82, 2.24) is 10.6 Å². The molecule has 0 aliphatic heterocycles. The minimum Gasteiger partial charge on any atom is -0.466 e. The summed E-state index contributed by atoms with van der Waals surface area (Å²) in [6.45, 7) is 7.45. The molecule has 5 nitrogen and oxygen atoms in total. The molecule has 1 aliphatic carbocycles. The highest BCUT2D eigenvalue weighted by molar-refractivity contribution is 14.0. The van der Waals surface area contributed by atoms with E-state index in [2.05, 4.69) is 22.5 Å². The van der Waals surface area contributed by atoms with Crippen LogP contribution in [-0.4, -0.2) is 29.8 Å². The Bertz CT molecular complexity index is 480. The molecule has 6 heteroatoms. The molecule has 126 valence electrons. The van der Waals surface area contributed by atoms with Gasteiger partial charge in [0.15, 0.2) is 5.96 Å². The van der Waals surface area contributed by atoms with Gasteiger partial charge in [0.2, 0.25) is 0 Å². The maximum atomic E-state index is 9.57. The van der Waals surface area contributed by atoms with Crippen molar-refractivity contribution < 1.29 is 9.52 Å². The SMILES string of the molecule is CCNC(=NCc1cc(C)oc1C)NC1CCC(O)CC1.I. The van der Waals surface area contributed by atoms with Gasteiger partial charge in [0.25, 0.3) is 0 Å². The number of aryl methyl sites for hydroxylation is 2. The number of nitrogens with one attached hydrogen (secondary N) is 2. The Morgan fingerprint density at radius 1 is 1.32 bits per heavy atom. The van der Waals surface area contributed by atoms with Crippen molar-refractivity contribution in [2.24, 2.45) is 4.99 Å². The summed E-state index contributed by atoms with van der Waals surface area (Å²) >= 11 is 0. The average Bonchev–Trinajstić information content (AvgIpc) is 2.77. The van der Waals surface area contributed by atoms with Gasteiger partial charge in [-0.15, -0.1) is 24.0 Å². The van der Waals surface area contributed by atoms with Crippen molar-refractivity contribution >= 4 is 29.9 Å². The molecule has 0 saturated heterocycles. The lowest BCUT2D eigenvalue weighted by Crippen LogP contribution is -2.45. The van der Waals surface area contributed by atoms with Crippen molar-refractivity contribution in [2.75, 3.05) is 6.54 Å². The Kier molecular flexibility index (Phi) is 8.24. The first-order valence-corrected chi connectivity index (χ1v) is 7.87. The number of aliphatic hydroxyl groups is 1. The van der Waals surface area contributed by atoms with Crippen molar-refractivity contribution in [3.8, 4) is 0 Å². The van der Waals surface area contributed by atoms with E-state index in [-0.39, 0.29) is 30.1 Å². The van der Waals surface area contributed by atoms with Gasteiger partial charge in [-0.1, -0.05) is 0 Å². The molecule has 2 rings (SSSR count). The predicted molar refractivity (Wildman–Crippen MR) is 99.8 cm³/mol. The molecule has 1 heterocycles. The van der Waals surface area contributed by atoms with Crippen LogP contribution in [-0.2, 0) is 6.54 Å². The van der Waals surface area contributed by atoms with E-state index in [0.29, 0.717) is 12.6 Å². The van der Waals surface area contributed by atoms with Crippen LogP contribution in [0.2, 0.25) is 0 Å². The van der Waals surface area contributed by atoms with Crippen LogP contribution in [0, 0.1) is 13.8 Å². The molecule has 0 spiro atoms. The van der Waals surface area contributed by atoms with E-state index < -0.39 is 0 Å². The first-order valence-electron chi connectivity index (χ1n) is 7.87. The van der Waals surface area contributed by atoms with Gasteiger partial charge in [0.05, 0.1) is 12.6 Å². The Hall–Kier alpha value is -0.760. The molecule has 0 radical (unpaired) electrons. The molecule has 1 aromatic rings. The van der Waals surface area contributed by atoms with E-state index in [1.807, 2.05) is 19.9 Å². The van der Waals surface area contributed by atoms with Gasteiger partial charge in [-0.3, -0.25) is 0 Å². The maximum absolute atomic E-state index is 9.57. The molecule has 0 amide bonds. The number of hydrogen-bond acceptors (Lipinski definition) is 3. The van der Waals surface area contributed by atoms with Crippen molar-refractivity contribution in [2.45, 2.75) is 65.1 Å². The Morgan fingerprint density at radius 3 is 2.55 bits per heavy atom. The van der Waals surface area contributed by atoms with Crippen LogP contribution in [0.5, 0.6) is 0 Å². The largest absolute Gasteiger partial charge is 0.466 e. The molecule has 1 fully saturated rings. The van der Waals surface area contributed by atoms with Crippen LogP contribution < -0.4 is 10.6 Å². The van der Waals surface area contributed by atoms with E-state index in [1.54, 1.807) is 0 Å². The van der Waals surface area contributed by atoms with E-state index in [0.717, 1.165) is 55.3 Å². The summed E-state index contributed by atoms with van der Waals surface area (Å²) < 4.78 is 5.53. The Morgan fingerprint density at radius 2 is 2.00 bits per heavy atom. The highest BCUT2D eigenvalue weighted by Gasteiger charge is 2.20. The molecule has 0 bridgehead atoms. The number of hydrogen-bond donors (Lipinski definition) is 3. The van der Waals surface area contributed by atoms with E-state index in [9.17, 15) is 5.11 Å². The fraction of sp³-hybridized carbons (Fsp3) is 0.688. The topological polar surface area (TPSA) is 69.8 Å². The van der Waals surface area contributed by atoms with Gasteiger partial charge < -0.3 is 20.2 Å². The fourth-order valence-electron chi connectivity index (χ4n) is 2.74. The van der Waals surface area contributed by atoms with Gasteiger partial charge >= 0.3 is 0 Å². The number of aliphatic hydroxyl groups excluding tert-OH is 1. The summed E-state index contributed by atoms with van der Waals surface area (Å²) in [5.41, 5.74) is 1.13. The number of guanidine groups is 1. The highest BCUT2D eigenvalue weighted by Crippen LogP contribution is 2.18. The van der Waals surface area contributed by atoms with Crippen LogP contribution in [0.15, 0.2) is 15.5 Å². The zero-order valence-electron chi connectivity index (χ0n) is 13.7. The van der Waals surface area contributed by atoms with Gasteiger partial charge in [-0.05, 0) is 52.5 Å². The second kappa shape index (κ2) is 9.39. The molecular weight excluding hydrogens is 393 g/mol. The summed E-state index contributed by atoms with van der Waals surface area (Å²) in [7, 11) is 0. The van der Waals surface area contributed by atoms with Crippen molar-refractivity contribution in [1.29, 1.82) is 0 Å². The normalized spacial score (nSPS) is 22.1. The average molecular weight is 421 g/mol. The second-order valence-electron chi connectivity index (χ2n) is 5.78. The molecule has 0 atom stereocenters. The number of furan rings is 1. The fourth-order valence-corrected chi connectivity index (χ4v) is 2.74. The third-order valence-corrected chi connectivity index (χ3v) is 3.93. The zero-order valence-corrected chi connectivity index (χ0v) is 16.0. The number of aliphatic imine (C=N–C) groups is 1. The summed E-state index contributed by atoms with van der Waals surface area (Å²) in [6, 6.07) is 2.44. The maximum Gasteiger partial charge on any atom is 0.191 e. The molecule has 1 saturated carbocycles. The summed E-state index contributed by atoms with van der Waals surface area (Å²) in [4.78, 5) is 4.64. The molecule has 22 heavy (non-hydrogen) atoms. The minimum atomic E-state index is -0.126. The molecule has 0 unspecified atom stereocenters. The zero-order chi connectivity index (χ0) is 15.2. The lowest BCUT2D eigenvalue weighted by molar-refractivity contribution is 0.120. The standard InChI is InChI=1S/C16H27N3O2.HI/c1-4-17-16(19-14-5-7-15(20)8-6-14)18-10-13-9-11(2)21-12(13)3;/h9,14-15,20H,4-8,10H2,1-3H3,(H2,17,18,19);1H. The van der Waals surface area contributed by atoms with E-state index >= 15 is 0 Å². The minimum absolute atomic E-state index is 0. The second-order valence-corrected chi connectivity index (χ2v) is 5.78. The quantitative estimate of drug-likeness (QED) is 0.397. The van der Waals surface area contributed by atoms with Crippen molar-refractivity contribution in [3.05, 3.63) is 23.2 Å². The lowest BCUT2D eigenvalue weighted by atomic mass is 9.93. The molecule has 0 aromatic carbocycles. The van der Waals surface area contributed by atoms with Gasteiger partial charge in [0, 0.05) is 18.2 Å². The smallest absolute Gasteiger partial charge is 0.191 e. The highest BCUT2D eigenvalue weighted by atomic mass is 127. The van der Waals surface area contributed by atoms with Gasteiger partial charge in [0.1, 0.15) is 11.5 Å². The third kappa shape index (κ3) is 5.79. The molecule has 1 aliphatic rings. The van der Waals surface area contributed by atoms with Crippen LogP contribution in [0.4, 0.5) is 0 Å². The van der Waals surface area contributed by atoms with Gasteiger partial charge in [-0.2, -0.15) is 0 Å². The Balaban J connectivity index is 0.00000242. The molecular formula is C16H28IN3O2. The summed E-state index contributed by atoms with van der Waals surface area (Å²) in [5, 5.41) is 16.3. The number of halogens is 1. The summed E-state index contributed by atoms with van der Waals surface area (Å²) in [5.74, 6) is 2.71. The monoisotopic (exact) mass is 421 g/mol.